The Morgan fingerprint density at radius 1 is 1.05 bits per heavy atom. The van der Waals surface area contributed by atoms with Gasteiger partial charge in [-0.1, -0.05) is 11.2 Å². The highest BCUT2D eigenvalue weighted by molar-refractivity contribution is 5.58. The van der Waals surface area contributed by atoms with Gasteiger partial charge in [-0.05, 0) is 26.0 Å². The van der Waals surface area contributed by atoms with Crippen molar-refractivity contribution in [2.75, 3.05) is 0 Å². The molecule has 0 aliphatic heterocycles. The van der Waals surface area contributed by atoms with Crippen molar-refractivity contribution in [3.63, 3.8) is 0 Å². The Morgan fingerprint density at radius 3 is 2.68 bits per heavy atom. The summed E-state index contributed by atoms with van der Waals surface area (Å²) in [4.78, 5) is 16.9. The van der Waals surface area contributed by atoms with Crippen molar-refractivity contribution in [3.8, 4) is 23.0 Å². The molecule has 6 nitrogen and oxygen atoms in total. The molecule has 0 unspecified atom stereocenters. The van der Waals surface area contributed by atoms with Crippen molar-refractivity contribution in [2.24, 2.45) is 0 Å². The van der Waals surface area contributed by atoms with Gasteiger partial charge >= 0.3 is 0 Å². The normalized spacial score (nSPS) is 10.6. The summed E-state index contributed by atoms with van der Waals surface area (Å²) in [6.07, 6.45) is 3.37. The first-order chi connectivity index (χ1) is 9.24. The van der Waals surface area contributed by atoms with E-state index in [9.17, 15) is 0 Å². The average Bonchev–Trinajstić information content (AvgIpc) is 2.89. The number of aryl methyl sites for hydroxylation is 2. The Morgan fingerprint density at radius 2 is 1.95 bits per heavy atom. The average molecular weight is 253 g/mol. The largest absolute Gasteiger partial charge is 0.333 e. The van der Waals surface area contributed by atoms with Gasteiger partial charge in [0.15, 0.2) is 0 Å². The summed E-state index contributed by atoms with van der Waals surface area (Å²) in [6, 6.07) is 5.54. The number of nitrogens with zero attached hydrogens (tertiary/aromatic N) is 5. The van der Waals surface area contributed by atoms with Gasteiger partial charge in [-0.3, -0.25) is 4.98 Å². The van der Waals surface area contributed by atoms with Gasteiger partial charge in [0.25, 0.3) is 5.89 Å². The van der Waals surface area contributed by atoms with Crippen molar-refractivity contribution < 1.29 is 4.52 Å². The first-order valence-corrected chi connectivity index (χ1v) is 5.80. The Bertz CT molecular complexity index is 708. The van der Waals surface area contributed by atoms with Crippen LogP contribution in [0.15, 0.2) is 35.1 Å². The maximum absolute atomic E-state index is 5.24. The second-order valence-corrected chi connectivity index (χ2v) is 4.05. The van der Waals surface area contributed by atoms with Crippen LogP contribution in [-0.4, -0.2) is 25.1 Å². The Labute approximate surface area is 109 Å². The summed E-state index contributed by atoms with van der Waals surface area (Å²) in [5.41, 5.74) is 2.21. The summed E-state index contributed by atoms with van der Waals surface area (Å²) < 4.78 is 5.24. The van der Waals surface area contributed by atoms with Gasteiger partial charge in [0.2, 0.25) is 5.82 Å². The van der Waals surface area contributed by atoms with Crippen LogP contribution in [0, 0.1) is 13.8 Å². The Kier molecular flexibility index (Phi) is 2.75. The predicted molar refractivity (Wildman–Crippen MR) is 68.0 cm³/mol. The van der Waals surface area contributed by atoms with E-state index in [2.05, 4.69) is 25.1 Å². The number of pyridine rings is 1. The highest BCUT2D eigenvalue weighted by Gasteiger charge is 2.14. The van der Waals surface area contributed by atoms with Crippen molar-refractivity contribution in [2.45, 2.75) is 13.8 Å². The molecule has 3 aromatic rings. The summed E-state index contributed by atoms with van der Waals surface area (Å²) >= 11 is 0. The molecule has 3 aromatic heterocycles. The van der Waals surface area contributed by atoms with Gasteiger partial charge in [0.1, 0.15) is 11.5 Å². The Hall–Kier alpha value is -2.63. The van der Waals surface area contributed by atoms with E-state index in [0.717, 1.165) is 11.3 Å². The van der Waals surface area contributed by atoms with Crippen molar-refractivity contribution in [3.05, 3.63) is 42.1 Å². The van der Waals surface area contributed by atoms with Crippen molar-refractivity contribution in [1.82, 2.24) is 25.1 Å². The van der Waals surface area contributed by atoms with Gasteiger partial charge < -0.3 is 4.52 Å². The smallest absolute Gasteiger partial charge is 0.261 e. The molecule has 6 heteroatoms. The SMILES string of the molecule is Cc1ncc(-c2nc(-c3ccccn3)no2)c(C)n1. The van der Waals surface area contributed by atoms with Crippen molar-refractivity contribution in [1.29, 1.82) is 0 Å². The summed E-state index contributed by atoms with van der Waals surface area (Å²) in [7, 11) is 0. The van der Waals surface area contributed by atoms with E-state index in [1.807, 2.05) is 32.0 Å². The topological polar surface area (TPSA) is 77.6 Å². The van der Waals surface area contributed by atoms with Crippen LogP contribution >= 0.6 is 0 Å². The lowest BCUT2D eigenvalue weighted by molar-refractivity contribution is 0.431. The van der Waals surface area contributed by atoms with Crippen LogP contribution in [0.4, 0.5) is 0 Å². The fraction of sp³-hybridized carbons (Fsp3) is 0.154. The molecule has 0 radical (unpaired) electrons. The number of rotatable bonds is 2. The first-order valence-electron chi connectivity index (χ1n) is 5.80. The monoisotopic (exact) mass is 253 g/mol. The molecule has 0 fully saturated rings. The van der Waals surface area contributed by atoms with Crippen LogP contribution in [0.1, 0.15) is 11.5 Å². The van der Waals surface area contributed by atoms with Gasteiger partial charge in [0, 0.05) is 12.4 Å². The van der Waals surface area contributed by atoms with Gasteiger partial charge in [-0.15, -0.1) is 0 Å². The lowest BCUT2D eigenvalue weighted by atomic mass is 10.2. The highest BCUT2D eigenvalue weighted by atomic mass is 16.5. The van der Waals surface area contributed by atoms with Crippen molar-refractivity contribution >= 4 is 0 Å². The molecule has 0 saturated heterocycles. The summed E-state index contributed by atoms with van der Waals surface area (Å²) in [5.74, 6) is 1.57. The first kappa shape index (κ1) is 11.5. The molecular weight excluding hydrogens is 242 g/mol. The van der Waals surface area contributed by atoms with Crippen LogP contribution < -0.4 is 0 Å². The lowest BCUT2D eigenvalue weighted by Gasteiger charge is -1.99. The number of hydrogen-bond acceptors (Lipinski definition) is 6. The maximum Gasteiger partial charge on any atom is 0.261 e. The van der Waals surface area contributed by atoms with Gasteiger partial charge in [0.05, 0.1) is 11.3 Å². The molecule has 0 saturated carbocycles. The lowest BCUT2D eigenvalue weighted by Crippen LogP contribution is -1.94. The van der Waals surface area contributed by atoms with Gasteiger partial charge in [-0.2, -0.15) is 4.98 Å². The molecular formula is C13H11N5O. The molecule has 0 aliphatic rings. The molecule has 3 heterocycles. The minimum absolute atomic E-state index is 0.401. The second-order valence-electron chi connectivity index (χ2n) is 4.05. The zero-order chi connectivity index (χ0) is 13.2. The third-order valence-corrected chi connectivity index (χ3v) is 2.65. The molecule has 0 aliphatic carbocycles. The zero-order valence-corrected chi connectivity index (χ0v) is 10.5. The maximum atomic E-state index is 5.24. The summed E-state index contributed by atoms with van der Waals surface area (Å²) in [5, 5.41) is 3.92. The number of aromatic nitrogens is 5. The van der Waals surface area contributed by atoms with E-state index in [1.165, 1.54) is 0 Å². The molecule has 3 rings (SSSR count). The predicted octanol–water partition coefficient (Wildman–Crippen LogP) is 2.21. The van der Waals surface area contributed by atoms with Gasteiger partial charge in [-0.25, -0.2) is 9.97 Å². The van der Waals surface area contributed by atoms with Crippen LogP contribution in [0.5, 0.6) is 0 Å². The molecule has 0 aromatic carbocycles. The fourth-order valence-corrected chi connectivity index (χ4v) is 1.73. The highest BCUT2D eigenvalue weighted by Crippen LogP contribution is 2.22. The molecule has 19 heavy (non-hydrogen) atoms. The standard InChI is InChI=1S/C13H11N5O/c1-8-10(7-15-9(2)16-8)13-17-12(18-19-13)11-5-3-4-6-14-11/h3-7H,1-2H3. The quantitative estimate of drug-likeness (QED) is 0.696. The molecule has 0 spiro atoms. The minimum Gasteiger partial charge on any atom is -0.333 e. The van der Waals surface area contributed by atoms with Crippen LogP contribution in [0.2, 0.25) is 0 Å². The third-order valence-electron chi connectivity index (χ3n) is 2.65. The molecule has 0 N–H and O–H groups in total. The molecule has 0 bridgehead atoms. The second kappa shape index (κ2) is 4.56. The van der Waals surface area contributed by atoms with Crippen LogP contribution in [-0.2, 0) is 0 Å². The van der Waals surface area contributed by atoms with E-state index in [1.54, 1.807) is 12.4 Å². The zero-order valence-electron chi connectivity index (χ0n) is 10.5. The molecule has 0 amide bonds. The van der Waals surface area contributed by atoms with E-state index < -0.39 is 0 Å². The van der Waals surface area contributed by atoms with E-state index in [0.29, 0.717) is 23.2 Å². The Balaban J connectivity index is 2.02. The third kappa shape index (κ3) is 2.20. The molecule has 94 valence electrons. The fourth-order valence-electron chi connectivity index (χ4n) is 1.73. The van der Waals surface area contributed by atoms with E-state index in [4.69, 9.17) is 4.52 Å². The summed E-state index contributed by atoms with van der Waals surface area (Å²) in [6.45, 7) is 3.72. The van der Waals surface area contributed by atoms with E-state index >= 15 is 0 Å². The molecule has 0 atom stereocenters. The van der Waals surface area contributed by atoms with Crippen LogP contribution in [0.25, 0.3) is 23.0 Å². The van der Waals surface area contributed by atoms with Crippen LogP contribution in [0.3, 0.4) is 0 Å². The van der Waals surface area contributed by atoms with E-state index in [-0.39, 0.29) is 0 Å². The number of hydrogen-bond donors (Lipinski definition) is 0. The minimum atomic E-state index is 0.401.